The number of fused-ring (bicyclic) bond motifs is 1. The monoisotopic (exact) mass is 422 g/mol. The Hall–Kier alpha value is -2.73. The lowest BCUT2D eigenvalue weighted by atomic mass is 9.79. The first-order chi connectivity index (χ1) is 14.5. The number of aromatic nitrogens is 1. The molecule has 1 aliphatic carbocycles. The first kappa shape index (κ1) is 20.5. The van der Waals surface area contributed by atoms with Gasteiger partial charge in [-0.05, 0) is 37.5 Å². The van der Waals surface area contributed by atoms with Gasteiger partial charge in [-0.15, -0.1) is 11.3 Å². The smallest absolute Gasteiger partial charge is 0.317 e. The summed E-state index contributed by atoms with van der Waals surface area (Å²) >= 11 is 1.58. The average molecular weight is 423 g/mol. The van der Waals surface area contributed by atoms with Crippen LogP contribution >= 0.6 is 11.3 Å². The van der Waals surface area contributed by atoms with Crippen LogP contribution in [-0.4, -0.2) is 29.5 Å². The van der Waals surface area contributed by atoms with Crippen molar-refractivity contribution in [2.24, 2.45) is 0 Å². The summed E-state index contributed by atoms with van der Waals surface area (Å²) in [5, 5.41) is 3.84. The minimum atomic E-state index is -0.928. The van der Waals surface area contributed by atoms with E-state index in [1.165, 1.54) is 0 Å². The van der Waals surface area contributed by atoms with Crippen LogP contribution in [0.1, 0.15) is 43.2 Å². The van der Waals surface area contributed by atoms with Crippen molar-refractivity contribution >= 4 is 33.4 Å². The molecule has 1 fully saturated rings. The van der Waals surface area contributed by atoms with E-state index in [1.807, 2.05) is 61.5 Å². The second-order valence-electron chi connectivity index (χ2n) is 8.08. The minimum Gasteiger partial charge on any atom is -0.455 e. The van der Waals surface area contributed by atoms with Crippen molar-refractivity contribution in [2.45, 2.75) is 50.5 Å². The molecule has 0 aliphatic heterocycles. The first-order valence-electron chi connectivity index (χ1n) is 10.4. The molecular weight excluding hydrogens is 396 g/mol. The molecule has 2 aromatic carbocycles. The van der Waals surface area contributed by atoms with Crippen LogP contribution in [0.2, 0.25) is 0 Å². The minimum absolute atomic E-state index is 0.208. The third kappa shape index (κ3) is 4.54. The number of nitrogens with one attached hydrogen (secondary N) is 1. The number of rotatable bonds is 7. The molecule has 1 amide bonds. The van der Waals surface area contributed by atoms with E-state index in [0.717, 1.165) is 46.5 Å². The topological polar surface area (TPSA) is 68.3 Å². The van der Waals surface area contributed by atoms with E-state index in [1.54, 1.807) is 11.3 Å². The maximum atomic E-state index is 13.2. The number of carbonyl (C=O) groups excluding carboxylic acids is 2. The number of amides is 1. The predicted molar refractivity (Wildman–Crippen MR) is 118 cm³/mol. The van der Waals surface area contributed by atoms with Crippen LogP contribution in [0.4, 0.5) is 0 Å². The Kier molecular flexibility index (Phi) is 6.13. The van der Waals surface area contributed by atoms with Gasteiger partial charge in [0.05, 0.1) is 20.6 Å². The third-order valence-corrected chi connectivity index (χ3v) is 6.80. The largest absolute Gasteiger partial charge is 0.455 e. The molecule has 30 heavy (non-hydrogen) atoms. The van der Waals surface area contributed by atoms with E-state index in [4.69, 9.17) is 9.72 Å². The Bertz CT molecular complexity index is 994. The highest BCUT2D eigenvalue weighted by atomic mass is 32.1. The van der Waals surface area contributed by atoms with Crippen molar-refractivity contribution < 1.29 is 14.3 Å². The first-order valence-corrected chi connectivity index (χ1v) is 11.2. The fraction of sp³-hybridized carbons (Fsp3) is 0.375. The molecule has 5 nitrogen and oxygen atoms in total. The molecule has 1 heterocycles. The van der Waals surface area contributed by atoms with Crippen molar-refractivity contribution in [3.63, 3.8) is 0 Å². The molecule has 0 unspecified atom stereocenters. The molecule has 1 atom stereocenters. The van der Waals surface area contributed by atoms with Gasteiger partial charge in [-0.3, -0.25) is 9.59 Å². The molecule has 1 aliphatic rings. The number of carbonyl (C=O) groups is 2. The molecule has 3 aromatic rings. The number of hydrogen-bond acceptors (Lipinski definition) is 5. The van der Waals surface area contributed by atoms with E-state index in [-0.39, 0.29) is 18.6 Å². The Balaban J connectivity index is 1.51. The van der Waals surface area contributed by atoms with Crippen LogP contribution in [-0.2, 0) is 26.2 Å². The summed E-state index contributed by atoms with van der Waals surface area (Å²) in [7, 11) is 0. The molecule has 0 bridgehead atoms. The SMILES string of the molecule is C[C@@](Cc1nc2ccccc2s1)(C(=O)OCC(=O)NC1CCCC1)c1ccccc1. The van der Waals surface area contributed by atoms with Gasteiger partial charge >= 0.3 is 5.97 Å². The van der Waals surface area contributed by atoms with Gasteiger partial charge in [0.25, 0.3) is 5.91 Å². The normalized spacial score (nSPS) is 16.3. The number of esters is 1. The molecule has 0 saturated heterocycles. The summed E-state index contributed by atoms with van der Waals surface area (Å²) < 4.78 is 6.60. The van der Waals surface area contributed by atoms with E-state index in [0.29, 0.717) is 6.42 Å². The van der Waals surface area contributed by atoms with E-state index >= 15 is 0 Å². The second-order valence-corrected chi connectivity index (χ2v) is 9.19. The molecule has 1 aromatic heterocycles. The Labute approximate surface area is 180 Å². The molecule has 156 valence electrons. The van der Waals surface area contributed by atoms with Crippen molar-refractivity contribution in [1.82, 2.24) is 10.3 Å². The maximum Gasteiger partial charge on any atom is 0.317 e. The maximum absolute atomic E-state index is 13.2. The van der Waals surface area contributed by atoms with Crippen molar-refractivity contribution in [1.29, 1.82) is 0 Å². The van der Waals surface area contributed by atoms with Crippen molar-refractivity contribution in [3.05, 3.63) is 65.2 Å². The summed E-state index contributed by atoms with van der Waals surface area (Å²) in [6.07, 6.45) is 4.69. The van der Waals surface area contributed by atoms with Gasteiger partial charge in [0, 0.05) is 12.5 Å². The lowest BCUT2D eigenvalue weighted by Crippen LogP contribution is -2.40. The van der Waals surface area contributed by atoms with Gasteiger partial charge < -0.3 is 10.1 Å². The number of ether oxygens (including phenoxy) is 1. The molecule has 1 saturated carbocycles. The second kappa shape index (κ2) is 8.96. The van der Waals surface area contributed by atoms with Gasteiger partial charge in [-0.1, -0.05) is 55.3 Å². The molecule has 6 heteroatoms. The zero-order valence-electron chi connectivity index (χ0n) is 17.1. The number of benzene rings is 2. The fourth-order valence-electron chi connectivity index (χ4n) is 4.03. The molecule has 0 radical (unpaired) electrons. The third-order valence-electron chi connectivity index (χ3n) is 5.76. The van der Waals surface area contributed by atoms with Gasteiger partial charge in [0.1, 0.15) is 0 Å². The van der Waals surface area contributed by atoms with Gasteiger partial charge in [-0.25, -0.2) is 4.98 Å². The van der Waals surface area contributed by atoms with E-state index in [9.17, 15) is 9.59 Å². The van der Waals surface area contributed by atoms with Gasteiger partial charge in [-0.2, -0.15) is 0 Å². The highest BCUT2D eigenvalue weighted by Crippen LogP contribution is 2.33. The average Bonchev–Trinajstić information content (AvgIpc) is 3.41. The number of thiazole rings is 1. The van der Waals surface area contributed by atoms with Crippen LogP contribution in [0.3, 0.4) is 0 Å². The van der Waals surface area contributed by atoms with E-state index in [2.05, 4.69) is 5.32 Å². The Morgan fingerprint density at radius 1 is 1.10 bits per heavy atom. The zero-order valence-corrected chi connectivity index (χ0v) is 17.9. The van der Waals surface area contributed by atoms with Crippen LogP contribution < -0.4 is 5.32 Å². The lowest BCUT2D eigenvalue weighted by molar-refractivity contribution is -0.154. The Morgan fingerprint density at radius 2 is 1.80 bits per heavy atom. The summed E-state index contributed by atoms with van der Waals surface area (Å²) in [5.41, 5.74) is 0.852. The molecule has 4 rings (SSSR count). The zero-order chi connectivity index (χ0) is 21.0. The number of para-hydroxylation sites is 1. The fourth-order valence-corrected chi connectivity index (χ4v) is 5.15. The highest BCUT2D eigenvalue weighted by Gasteiger charge is 2.38. The Morgan fingerprint density at radius 3 is 2.53 bits per heavy atom. The van der Waals surface area contributed by atoms with Crippen molar-refractivity contribution in [2.75, 3.05) is 6.61 Å². The lowest BCUT2D eigenvalue weighted by Gasteiger charge is -2.27. The number of nitrogens with zero attached hydrogens (tertiary/aromatic N) is 1. The van der Waals surface area contributed by atoms with Gasteiger partial charge in [0.2, 0.25) is 0 Å². The van der Waals surface area contributed by atoms with Gasteiger partial charge in [0.15, 0.2) is 6.61 Å². The molecule has 1 N–H and O–H groups in total. The summed E-state index contributed by atoms with van der Waals surface area (Å²) in [6.45, 7) is 1.61. The van der Waals surface area contributed by atoms with Crippen LogP contribution in [0.15, 0.2) is 54.6 Å². The van der Waals surface area contributed by atoms with Crippen LogP contribution in [0.5, 0.6) is 0 Å². The standard InChI is InChI=1S/C24H26N2O3S/c1-24(17-9-3-2-4-10-17,15-22-26-19-13-7-8-14-20(19)30-22)23(28)29-16-21(27)25-18-11-5-6-12-18/h2-4,7-10,13-14,18H,5-6,11-12,15-16H2,1H3,(H,25,27)/t24-/m0/s1. The van der Waals surface area contributed by atoms with Crippen LogP contribution in [0, 0.1) is 0 Å². The molecular formula is C24H26N2O3S. The summed E-state index contributed by atoms with van der Waals surface area (Å²) in [5.74, 6) is -0.639. The highest BCUT2D eigenvalue weighted by molar-refractivity contribution is 7.18. The van der Waals surface area contributed by atoms with E-state index < -0.39 is 11.4 Å². The molecule has 0 spiro atoms. The van der Waals surface area contributed by atoms with Crippen molar-refractivity contribution in [3.8, 4) is 0 Å². The number of hydrogen-bond donors (Lipinski definition) is 1. The quantitative estimate of drug-likeness (QED) is 0.573. The predicted octanol–water partition coefficient (Wildman–Crippen LogP) is 4.40. The van der Waals surface area contributed by atoms with Crippen LogP contribution in [0.25, 0.3) is 10.2 Å². The summed E-state index contributed by atoms with van der Waals surface area (Å²) in [6, 6.07) is 17.7. The summed E-state index contributed by atoms with van der Waals surface area (Å²) in [4.78, 5) is 30.1.